The van der Waals surface area contributed by atoms with E-state index >= 15 is 0 Å². The minimum Gasteiger partial charge on any atom is -0.462 e. The van der Waals surface area contributed by atoms with Crippen LogP contribution in [0.4, 0.5) is 11.4 Å². The molecule has 1 N–H and O–H groups in total. The molecule has 2 aromatic carbocycles. The number of rotatable bonds is 5. The van der Waals surface area contributed by atoms with Crippen molar-refractivity contribution >= 4 is 57.4 Å². The smallest absolute Gasteiger partial charge is 0.341 e. The summed E-state index contributed by atoms with van der Waals surface area (Å²) >= 11 is 12.4. The molecule has 1 amide bonds. The molecule has 0 saturated carbocycles. The number of likely N-dealkylation sites (N-methyl/N-ethyl adjacent to an activating group) is 1. The van der Waals surface area contributed by atoms with Crippen LogP contribution in [-0.4, -0.2) is 61.6 Å². The average Bonchev–Trinajstić information content (AvgIpc) is 2.79. The molecular weight excluding hydrogens is 463 g/mol. The zero-order chi connectivity index (χ0) is 23.5. The first-order valence-corrected chi connectivity index (χ1v) is 11.4. The molecule has 0 bridgehead atoms. The number of hydrogen-bond acceptors (Lipinski definition) is 6. The zero-order valence-electron chi connectivity index (χ0n) is 18.4. The van der Waals surface area contributed by atoms with Gasteiger partial charge in [-0.05, 0) is 32.2 Å². The van der Waals surface area contributed by atoms with Crippen LogP contribution in [0.5, 0.6) is 0 Å². The van der Waals surface area contributed by atoms with Gasteiger partial charge in [-0.1, -0.05) is 41.4 Å². The van der Waals surface area contributed by atoms with Crippen molar-refractivity contribution in [1.29, 1.82) is 0 Å². The summed E-state index contributed by atoms with van der Waals surface area (Å²) in [6.07, 6.45) is 1.52. The maximum Gasteiger partial charge on any atom is 0.341 e. The second-order valence-corrected chi connectivity index (χ2v) is 8.60. The number of halogens is 2. The van der Waals surface area contributed by atoms with Crippen molar-refractivity contribution < 1.29 is 14.3 Å². The largest absolute Gasteiger partial charge is 0.462 e. The quantitative estimate of drug-likeness (QED) is 0.525. The number of piperazine rings is 1. The lowest BCUT2D eigenvalue weighted by atomic mass is 10.1. The minimum atomic E-state index is -0.435. The van der Waals surface area contributed by atoms with E-state index in [0.717, 1.165) is 37.3 Å². The predicted octanol–water partition coefficient (Wildman–Crippen LogP) is 4.72. The fourth-order valence-electron chi connectivity index (χ4n) is 3.94. The first kappa shape index (κ1) is 23.3. The Morgan fingerprint density at radius 1 is 1.06 bits per heavy atom. The SMILES string of the molecule is CCOC(=O)c1cnc2c(NC(=O)c3c(Cl)cccc3Cl)cccc2c1N1CCN(C)CC1. The van der Waals surface area contributed by atoms with E-state index in [1.54, 1.807) is 31.2 Å². The molecule has 1 saturated heterocycles. The highest BCUT2D eigenvalue weighted by Gasteiger charge is 2.25. The van der Waals surface area contributed by atoms with E-state index in [1.165, 1.54) is 6.20 Å². The third-order valence-corrected chi connectivity index (χ3v) is 6.25. The van der Waals surface area contributed by atoms with E-state index < -0.39 is 11.9 Å². The Labute approximate surface area is 202 Å². The summed E-state index contributed by atoms with van der Waals surface area (Å²) < 4.78 is 5.29. The number of carbonyl (C=O) groups excluding carboxylic acids is 2. The molecule has 4 rings (SSSR count). The summed E-state index contributed by atoms with van der Waals surface area (Å²) in [5.41, 5.74) is 2.43. The third kappa shape index (κ3) is 4.76. The first-order chi connectivity index (χ1) is 15.9. The van der Waals surface area contributed by atoms with Crippen LogP contribution in [0.15, 0.2) is 42.6 Å². The lowest BCUT2D eigenvalue weighted by Gasteiger charge is -2.35. The zero-order valence-corrected chi connectivity index (χ0v) is 19.9. The van der Waals surface area contributed by atoms with Crippen molar-refractivity contribution in [2.45, 2.75) is 6.92 Å². The van der Waals surface area contributed by atoms with Crippen LogP contribution in [0.3, 0.4) is 0 Å². The van der Waals surface area contributed by atoms with Crippen LogP contribution in [0, 0.1) is 0 Å². The molecule has 0 spiro atoms. The topological polar surface area (TPSA) is 74.8 Å². The van der Waals surface area contributed by atoms with E-state index in [2.05, 4.69) is 27.1 Å². The second-order valence-electron chi connectivity index (χ2n) is 7.78. The number of amides is 1. The molecule has 0 atom stereocenters. The van der Waals surface area contributed by atoms with Gasteiger partial charge in [-0.25, -0.2) is 4.79 Å². The second kappa shape index (κ2) is 9.95. The van der Waals surface area contributed by atoms with E-state index in [4.69, 9.17) is 27.9 Å². The molecule has 0 radical (unpaired) electrons. The number of aromatic nitrogens is 1. The Morgan fingerprint density at radius 2 is 1.73 bits per heavy atom. The summed E-state index contributed by atoms with van der Waals surface area (Å²) in [6.45, 7) is 5.30. The number of fused-ring (bicyclic) bond motifs is 1. The van der Waals surface area contributed by atoms with Gasteiger partial charge < -0.3 is 19.9 Å². The number of hydrogen-bond donors (Lipinski definition) is 1. The van der Waals surface area contributed by atoms with E-state index in [-0.39, 0.29) is 22.2 Å². The van der Waals surface area contributed by atoms with Crippen LogP contribution in [0.2, 0.25) is 10.0 Å². The van der Waals surface area contributed by atoms with E-state index in [1.807, 2.05) is 12.1 Å². The lowest BCUT2D eigenvalue weighted by Crippen LogP contribution is -2.45. The number of esters is 1. The molecule has 0 aliphatic carbocycles. The van der Waals surface area contributed by atoms with Crippen molar-refractivity contribution in [2.75, 3.05) is 50.1 Å². The number of benzene rings is 2. The molecule has 1 aromatic heterocycles. The molecule has 9 heteroatoms. The highest BCUT2D eigenvalue weighted by Crippen LogP contribution is 2.35. The summed E-state index contributed by atoms with van der Waals surface area (Å²) in [5.74, 6) is -0.853. The molecule has 33 heavy (non-hydrogen) atoms. The highest BCUT2D eigenvalue weighted by atomic mass is 35.5. The van der Waals surface area contributed by atoms with Crippen molar-refractivity contribution in [3.8, 4) is 0 Å². The number of para-hydroxylation sites is 1. The number of nitrogens with zero attached hydrogens (tertiary/aromatic N) is 3. The Balaban J connectivity index is 1.80. The average molecular weight is 487 g/mol. The Kier molecular flexibility index (Phi) is 7.02. The van der Waals surface area contributed by atoms with Gasteiger partial charge in [0.1, 0.15) is 5.56 Å². The molecule has 3 aromatic rings. The van der Waals surface area contributed by atoms with Crippen LogP contribution in [-0.2, 0) is 4.74 Å². The van der Waals surface area contributed by atoms with E-state index in [9.17, 15) is 9.59 Å². The summed E-state index contributed by atoms with van der Waals surface area (Å²) in [6, 6.07) is 10.4. The Hall–Kier alpha value is -2.87. The number of pyridine rings is 1. The maximum absolute atomic E-state index is 13.0. The van der Waals surface area contributed by atoms with Crippen molar-refractivity contribution in [3.05, 3.63) is 63.8 Å². The van der Waals surface area contributed by atoms with Crippen LogP contribution >= 0.6 is 23.2 Å². The molecule has 2 heterocycles. The van der Waals surface area contributed by atoms with Gasteiger partial charge in [0.05, 0.1) is 39.1 Å². The third-order valence-electron chi connectivity index (χ3n) is 5.62. The number of anilines is 2. The summed E-state index contributed by atoms with van der Waals surface area (Å²) in [7, 11) is 2.07. The van der Waals surface area contributed by atoms with Crippen molar-refractivity contribution in [1.82, 2.24) is 9.88 Å². The number of ether oxygens (including phenoxy) is 1. The Morgan fingerprint density at radius 3 is 2.39 bits per heavy atom. The van der Waals surface area contributed by atoms with E-state index in [0.29, 0.717) is 16.8 Å². The Bertz CT molecular complexity index is 1190. The summed E-state index contributed by atoms with van der Waals surface area (Å²) in [5, 5.41) is 4.16. The molecule has 1 aliphatic rings. The molecule has 0 unspecified atom stereocenters. The van der Waals surface area contributed by atoms with Gasteiger partial charge in [-0.15, -0.1) is 0 Å². The maximum atomic E-state index is 13.0. The standard InChI is InChI=1S/C24H24Cl2N4O3/c1-3-33-24(32)16-14-27-21-15(22(16)30-12-10-29(2)11-13-30)6-4-9-19(21)28-23(31)20-17(25)7-5-8-18(20)26/h4-9,14H,3,10-13H2,1-2H3,(H,28,31). The minimum absolute atomic E-state index is 0.195. The molecule has 7 nitrogen and oxygen atoms in total. The normalized spacial score (nSPS) is 14.4. The van der Waals surface area contributed by atoms with Crippen LogP contribution < -0.4 is 10.2 Å². The lowest BCUT2D eigenvalue weighted by molar-refractivity contribution is 0.0526. The highest BCUT2D eigenvalue weighted by molar-refractivity contribution is 6.40. The van der Waals surface area contributed by atoms with Gasteiger partial charge in [0, 0.05) is 37.8 Å². The van der Waals surface area contributed by atoms with Gasteiger partial charge in [0.25, 0.3) is 5.91 Å². The van der Waals surface area contributed by atoms with Crippen LogP contribution in [0.25, 0.3) is 10.9 Å². The van der Waals surface area contributed by atoms with Gasteiger partial charge in [-0.2, -0.15) is 0 Å². The molecule has 1 fully saturated rings. The molecule has 1 aliphatic heterocycles. The summed E-state index contributed by atoms with van der Waals surface area (Å²) in [4.78, 5) is 34.7. The number of nitrogens with one attached hydrogen (secondary N) is 1. The molecular formula is C24H24Cl2N4O3. The fourth-order valence-corrected chi connectivity index (χ4v) is 4.51. The van der Waals surface area contributed by atoms with Gasteiger partial charge in [-0.3, -0.25) is 9.78 Å². The first-order valence-electron chi connectivity index (χ1n) is 10.7. The molecule has 172 valence electrons. The van der Waals surface area contributed by atoms with Crippen molar-refractivity contribution in [2.24, 2.45) is 0 Å². The van der Waals surface area contributed by atoms with Gasteiger partial charge in [0.2, 0.25) is 0 Å². The number of carbonyl (C=O) groups is 2. The van der Waals surface area contributed by atoms with Crippen molar-refractivity contribution in [3.63, 3.8) is 0 Å². The van der Waals surface area contributed by atoms with Gasteiger partial charge in [0.15, 0.2) is 0 Å². The monoisotopic (exact) mass is 486 g/mol. The predicted molar refractivity (Wildman–Crippen MR) is 132 cm³/mol. The van der Waals surface area contributed by atoms with Crippen LogP contribution in [0.1, 0.15) is 27.6 Å². The van der Waals surface area contributed by atoms with Gasteiger partial charge >= 0.3 is 5.97 Å². The fraction of sp³-hybridized carbons (Fsp3) is 0.292.